The molecule has 3 rings (SSSR count). The maximum absolute atomic E-state index is 13.0. The lowest BCUT2D eigenvalue weighted by Crippen LogP contribution is -2.26. The first-order chi connectivity index (χ1) is 18.5. The van der Waals surface area contributed by atoms with E-state index in [0.29, 0.717) is 11.8 Å². The van der Waals surface area contributed by atoms with E-state index in [1.165, 1.54) is 63.5 Å². The molecule has 1 aromatic rings. The van der Waals surface area contributed by atoms with E-state index in [9.17, 15) is 20.1 Å². The van der Waals surface area contributed by atoms with Crippen molar-refractivity contribution in [2.75, 3.05) is 0 Å². The van der Waals surface area contributed by atoms with Crippen molar-refractivity contribution in [2.45, 2.75) is 129 Å². The zero-order chi connectivity index (χ0) is 27.3. The molecule has 38 heavy (non-hydrogen) atoms. The summed E-state index contributed by atoms with van der Waals surface area (Å²) in [6.07, 6.45) is 17.0. The highest BCUT2D eigenvalue weighted by Gasteiger charge is 2.29. The molecule has 0 unspecified atom stereocenters. The summed E-state index contributed by atoms with van der Waals surface area (Å²) >= 11 is 0. The van der Waals surface area contributed by atoms with Gasteiger partial charge in [-0.05, 0) is 75.3 Å². The maximum atomic E-state index is 13.0. The van der Waals surface area contributed by atoms with Crippen LogP contribution in [0.25, 0.3) is 0 Å². The Labute approximate surface area is 228 Å². The van der Waals surface area contributed by atoms with Gasteiger partial charge in [0.25, 0.3) is 0 Å². The first-order valence-electron chi connectivity index (χ1n) is 14.9. The van der Waals surface area contributed by atoms with Crippen LogP contribution in [0.15, 0.2) is 12.1 Å². The quantitative estimate of drug-likeness (QED) is 0.204. The predicted octanol–water partition coefficient (Wildman–Crippen LogP) is 8.02. The summed E-state index contributed by atoms with van der Waals surface area (Å²) in [5, 5.41) is 19.6. The molecule has 2 aliphatic carbocycles. The van der Waals surface area contributed by atoms with Crippen LogP contribution in [0.3, 0.4) is 0 Å². The molecule has 2 saturated carbocycles. The molecule has 0 atom stereocenters. The molecule has 0 N–H and O–H groups in total. The van der Waals surface area contributed by atoms with Crippen molar-refractivity contribution in [3.05, 3.63) is 34.4 Å². The van der Waals surface area contributed by atoms with Gasteiger partial charge in [0.15, 0.2) is 0 Å². The summed E-state index contributed by atoms with van der Waals surface area (Å²) in [6.45, 7) is 4.42. The lowest BCUT2D eigenvalue weighted by molar-refractivity contribution is 0.0147. The van der Waals surface area contributed by atoms with E-state index in [-0.39, 0.29) is 34.5 Å². The van der Waals surface area contributed by atoms with Crippen LogP contribution < -0.4 is 0 Å². The van der Waals surface area contributed by atoms with Crippen LogP contribution in [0, 0.1) is 34.5 Å². The topological polar surface area (TPSA) is 100 Å². The average Bonchev–Trinajstić information content (AvgIpc) is 2.94. The van der Waals surface area contributed by atoms with Crippen LogP contribution in [0.5, 0.6) is 0 Å². The first kappa shape index (κ1) is 29.7. The van der Waals surface area contributed by atoms with Gasteiger partial charge in [-0.3, -0.25) is 0 Å². The van der Waals surface area contributed by atoms with Crippen LogP contribution in [-0.2, 0) is 9.47 Å². The monoisotopic (exact) mass is 520 g/mol. The summed E-state index contributed by atoms with van der Waals surface area (Å²) in [5.41, 5.74) is -0.142. The van der Waals surface area contributed by atoms with Gasteiger partial charge in [0, 0.05) is 0 Å². The molecule has 2 fully saturated rings. The fourth-order valence-corrected chi connectivity index (χ4v) is 6.05. The van der Waals surface area contributed by atoms with Crippen molar-refractivity contribution in [3.8, 4) is 12.1 Å². The van der Waals surface area contributed by atoms with Gasteiger partial charge in [-0.2, -0.15) is 10.5 Å². The molecule has 0 amide bonds. The lowest BCUT2D eigenvalue weighted by Gasteiger charge is -2.29. The highest BCUT2D eigenvalue weighted by atomic mass is 16.5. The van der Waals surface area contributed by atoms with Gasteiger partial charge in [-0.1, -0.05) is 65.2 Å². The van der Waals surface area contributed by atoms with Crippen LogP contribution in [0.2, 0.25) is 0 Å². The lowest BCUT2D eigenvalue weighted by atomic mass is 9.84. The fraction of sp³-hybridized carbons (Fsp3) is 0.688. The van der Waals surface area contributed by atoms with Crippen molar-refractivity contribution in [2.24, 2.45) is 11.8 Å². The number of unbranched alkanes of at least 4 members (excludes halogenated alkanes) is 4. The van der Waals surface area contributed by atoms with E-state index in [4.69, 9.17) is 9.47 Å². The van der Waals surface area contributed by atoms with Crippen LogP contribution >= 0.6 is 0 Å². The van der Waals surface area contributed by atoms with Gasteiger partial charge in [0.1, 0.15) is 24.3 Å². The molecule has 206 valence electrons. The summed E-state index contributed by atoms with van der Waals surface area (Å²) in [4.78, 5) is 26.0. The molecule has 2 aliphatic rings. The molecule has 0 saturated heterocycles. The summed E-state index contributed by atoms with van der Waals surface area (Å²) in [7, 11) is 0. The zero-order valence-electron chi connectivity index (χ0n) is 23.3. The number of ether oxygens (including phenoxy) is 2. The Morgan fingerprint density at radius 1 is 0.684 bits per heavy atom. The summed E-state index contributed by atoms with van der Waals surface area (Å²) in [5.74, 6) is 0.179. The Kier molecular flexibility index (Phi) is 12.1. The summed E-state index contributed by atoms with van der Waals surface area (Å²) in [6, 6.07) is 6.79. The number of benzene rings is 1. The van der Waals surface area contributed by atoms with Gasteiger partial charge in [0.05, 0.1) is 22.3 Å². The molecule has 0 aliphatic heterocycles. The Morgan fingerprint density at radius 2 is 1.05 bits per heavy atom. The highest BCUT2D eigenvalue weighted by Crippen LogP contribution is 2.32. The third kappa shape index (κ3) is 8.32. The molecule has 0 radical (unpaired) electrons. The maximum Gasteiger partial charge on any atom is 0.339 e. The number of hydrogen-bond donors (Lipinski definition) is 0. The molecular formula is C32H44N2O4. The number of esters is 2. The van der Waals surface area contributed by atoms with Crippen molar-refractivity contribution in [3.63, 3.8) is 0 Å². The molecule has 0 spiro atoms. The van der Waals surface area contributed by atoms with Crippen molar-refractivity contribution in [1.29, 1.82) is 10.5 Å². The number of nitrogens with zero attached hydrogens (tertiary/aromatic N) is 2. The minimum atomic E-state index is -0.603. The van der Waals surface area contributed by atoms with E-state index in [1.54, 1.807) is 0 Å². The number of nitriles is 2. The normalized spacial score (nSPS) is 23.2. The molecule has 6 heteroatoms. The molecule has 0 bridgehead atoms. The fourth-order valence-electron chi connectivity index (χ4n) is 6.05. The molecule has 0 heterocycles. The van der Waals surface area contributed by atoms with Gasteiger partial charge in [0.2, 0.25) is 0 Å². The van der Waals surface area contributed by atoms with Crippen molar-refractivity contribution < 1.29 is 19.1 Å². The second-order valence-electron chi connectivity index (χ2n) is 11.2. The Balaban J connectivity index is 1.58. The second kappa shape index (κ2) is 15.5. The molecular weight excluding hydrogens is 476 g/mol. The van der Waals surface area contributed by atoms with E-state index in [1.807, 2.05) is 12.1 Å². The van der Waals surface area contributed by atoms with E-state index >= 15 is 0 Å². The van der Waals surface area contributed by atoms with Crippen molar-refractivity contribution in [1.82, 2.24) is 0 Å². The van der Waals surface area contributed by atoms with Gasteiger partial charge in [-0.25, -0.2) is 9.59 Å². The SMILES string of the molecule is CCCCCC1CCC(OC(=O)c2ccc(C(=O)OC3CCC(CCCCC)CC3)c(C#N)c2C#N)CC1. The van der Waals surface area contributed by atoms with Gasteiger partial charge in [-0.15, -0.1) is 0 Å². The Hall–Kier alpha value is -2.86. The largest absolute Gasteiger partial charge is 0.459 e. The number of rotatable bonds is 12. The van der Waals surface area contributed by atoms with Gasteiger partial charge >= 0.3 is 11.9 Å². The first-order valence-corrected chi connectivity index (χ1v) is 14.9. The molecule has 0 aromatic heterocycles. The Morgan fingerprint density at radius 3 is 1.37 bits per heavy atom. The smallest absolute Gasteiger partial charge is 0.339 e. The van der Waals surface area contributed by atoms with Crippen LogP contribution in [0.4, 0.5) is 0 Å². The predicted molar refractivity (Wildman–Crippen MR) is 146 cm³/mol. The standard InChI is InChI=1S/C32H44N2O4/c1-3-5-7-9-23-11-15-25(16-12-23)37-31(35)27-19-20-28(30(22-34)29(27)21-33)32(36)38-26-17-13-24(14-18-26)10-8-6-4-2/h19-20,23-26H,3-18H2,1-2H3. The second-order valence-corrected chi connectivity index (χ2v) is 11.2. The number of carbonyl (C=O) groups excluding carboxylic acids is 2. The van der Waals surface area contributed by atoms with E-state index < -0.39 is 11.9 Å². The zero-order valence-corrected chi connectivity index (χ0v) is 23.3. The average molecular weight is 521 g/mol. The van der Waals surface area contributed by atoms with Crippen molar-refractivity contribution >= 4 is 11.9 Å². The summed E-state index contributed by atoms with van der Waals surface area (Å²) < 4.78 is 11.5. The number of carbonyl (C=O) groups is 2. The van der Waals surface area contributed by atoms with Gasteiger partial charge < -0.3 is 9.47 Å². The minimum absolute atomic E-state index is 0.0401. The highest BCUT2D eigenvalue weighted by molar-refractivity contribution is 5.98. The third-order valence-electron chi connectivity index (χ3n) is 8.44. The van der Waals surface area contributed by atoms with Crippen LogP contribution in [-0.4, -0.2) is 24.1 Å². The Bertz CT molecular complexity index is 925. The number of hydrogen-bond acceptors (Lipinski definition) is 6. The molecule has 6 nitrogen and oxygen atoms in total. The third-order valence-corrected chi connectivity index (χ3v) is 8.44. The van der Waals surface area contributed by atoms with E-state index in [2.05, 4.69) is 13.8 Å². The van der Waals surface area contributed by atoms with E-state index in [0.717, 1.165) is 51.4 Å². The minimum Gasteiger partial charge on any atom is -0.459 e. The molecule has 1 aromatic carbocycles. The van der Waals surface area contributed by atoms with Crippen LogP contribution in [0.1, 0.15) is 148 Å².